The predicted molar refractivity (Wildman–Crippen MR) is 141 cm³/mol. The summed E-state index contributed by atoms with van der Waals surface area (Å²) in [5.74, 6) is 0.533. The van der Waals surface area contributed by atoms with Gasteiger partial charge in [0.1, 0.15) is 17.9 Å². The summed E-state index contributed by atoms with van der Waals surface area (Å²) < 4.78 is 35.3. The van der Waals surface area contributed by atoms with Gasteiger partial charge in [-0.3, -0.25) is 4.79 Å². The number of pyridine rings is 1. The number of sulfonamides is 1. The largest absolute Gasteiger partial charge is 0.491 e. The van der Waals surface area contributed by atoms with Gasteiger partial charge in [0, 0.05) is 30.4 Å². The van der Waals surface area contributed by atoms with Crippen LogP contribution in [-0.2, 0) is 21.4 Å². The average Bonchev–Trinajstić information content (AvgIpc) is 3.19. The zero-order chi connectivity index (χ0) is 25.9. The first kappa shape index (κ1) is 26.2. The van der Waals surface area contributed by atoms with Crippen molar-refractivity contribution in [2.24, 2.45) is 0 Å². The van der Waals surface area contributed by atoms with Crippen LogP contribution in [0.25, 0.3) is 11.0 Å². The molecule has 1 saturated heterocycles. The Bertz CT molecular complexity index is 1340. The lowest BCUT2D eigenvalue weighted by Crippen LogP contribution is -2.37. The van der Waals surface area contributed by atoms with E-state index >= 15 is 0 Å². The molecule has 10 heteroatoms. The molecule has 0 bridgehead atoms. The number of carbonyl (C=O) groups is 1. The number of aliphatic carboxylic acids is 1. The standard InChI is InChI=1S/C26H31N3O5S2/c1-4-15-35-24-10-9-22-23(16-28(17-25(30)31)26(22)27-24)19-11-13-29(14-12-19)36(32,33)21-7-5-20(6-8-21)34-18(2)3/h4-10,16,18-19H,1,11-15,17H2,2-3H3,(H,30,31). The number of carboxylic acids is 1. The number of piperidine rings is 1. The highest BCUT2D eigenvalue weighted by atomic mass is 32.2. The molecule has 2 aromatic heterocycles. The Labute approximate surface area is 216 Å². The van der Waals surface area contributed by atoms with Crippen LogP contribution in [0.4, 0.5) is 0 Å². The van der Waals surface area contributed by atoms with Gasteiger partial charge in [-0.2, -0.15) is 4.31 Å². The number of hydrogen-bond acceptors (Lipinski definition) is 6. The summed E-state index contributed by atoms with van der Waals surface area (Å²) in [5, 5.41) is 11.1. The lowest BCUT2D eigenvalue weighted by Gasteiger charge is -2.31. The maximum Gasteiger partial charge on any atom is 0.323 e. The first-order valence-electron chi connectivity index (χ1n) is 11.9. The first-order chi connectivity index (χ1) is 17.2. The Balaban J connectivity index is 1.52. The van der Waals surface area contributed by atoms with Gasteiger partial charge in [-0.15, -0.1) is 18.3 Å². The fraction of sp³-hybridized carbons (Fsp3) is 0.385. The molecular weight excluding hydrogens is 498 g/mol. The summed E-state index contributed by atoms with van der Waals surface area (Å²) in [6, 6.07) is 10.5. The monoisotopic (exact) mass is 529 g/mol. The SMILES string of the molecule is C=CCSc1ccc2c(C3CCN(S(=O)(=O)c4ccc(OC(C)C)cc4)CC3)cn(CC(=O)O)c2n1. The molecule has 8 nitrogen and oxygen atoms in total. The number of thioether (sulfide) groups is 1. The van der Waals surface area contributed by atoms with E-state index < -0.39 is 16.0 Å². The summed E-state index contributed by atoms with van der Waals surface area (Å²) >= 11 is 1.54. The number of carboxylic acid groups (broad SMARTS) is 1. The quantitative estimate of drug-likeness (QED) is 0.299. The van der Waals surface area contributed by atoms with E-state index in [0.29, 0.717) is 43.1 Å². The lowest BCUT2D eigenvalue weighted by molar-refractivity contribution is -0.137. The molecule has 4 rings (SSSR count). The number of nitrogens with zero attached hydrogens (tertiary/aromatic N) is 3. The minimum Gasteiger partial charge on any atom is -0.491 e. The summed E-state index contributed by atoms with van der Waals surface area (Å²) in [5.41, 5.74) is 1.66. The van der Waals surface area contributed by atoms with Crippen LogP contribution in [0.2, 0.25) is 0 Å². The zero-order valence-electron chi connectivity index (χ0n) is 20.5. The Morgan fingerprint density at radius 3 is 2.53 bits per heavy atom. The van der Waals surface area contributed by atoms with E-state index in [2.05, 4.69) is 6.58 Å². The van der Waals surface area contributed by atoms with Crippen LogP contribution in [0.15, 0.2) is 65.2 Å². The molecule has 36 heavy (non-hydrogen) atoms. The highest BCUT2D eigenvalue weighted by molar-refractivity contribution is 7.99. The van der Waals surface area contributed by atoms with E-state index in [1.807, 2.05) is 32.2 Å². The Hall–Kier alpha value is -2.82. The van der Waals surface area contributed by atoms with E-state index in [1.165, 1.54) is 4.31 Å². The van der Waals surface area contributed by atoms with Crippen LogP contribution >= 0.6 is 11.8 Å². The first-order valence-corrected chi connectivity index (χ1v) is 14.3. The van der Waals surface area contributed by atoms with Gasteiger partial charge in [-0.05, 0) is 74.6 Å². The molecule has 3 heterocycles. The summed E-state index contributed by atoms with van der Waals surface area (Å²) in [4.78, 5) is 16.4. The molecule has 0 saturated carbocycles. The molecule has 0 unspecified atom stereocenters. The Morgan fingerprint density at radius 2 is 1.92 bits per heavy atom. The fourth-order valence-corrected chi connectivity index (χ4v) is 6.58. The van der Waals surface area contributed by atoms with Crippen molar-refractivity contribution >= 4 is 38.8 Å². The van der Waals surface area contributed by atoms with E-state index in [4.69, 9.17) is 9.72 Å². The van der Waals surface area contributed by atoms with E-state index in [1.54, 1.807) is 46.7 Å². The molecule has 192 valence electrons. The van der Waals surface area contributed by atoms with Crippen molar-refractivity contribution in [1.29, 1.82) is 0 Å². The second-order valence-electron chi connectivity index (χ2n) is 9.04. The minimum atomic E-state index is -3.61. The molecule has 1 aliphatic heterocycles. The molecule has 0 aliphatic carbocycles. The number of aromatic nitrogens is 2. The fourth-order valence-electron chi connectivity index (χ4n) is 4.51. The topological polar surface area (TPSA) is 102 Å². The second kappa shape index (κ2) is 11.1. The van der Waals surface area contributed by atoms with Crippen LogP contribution in [0.5, 0.6) is 5.75 Å². The normalized spacial score (nSPS) is 15.4. The van der Waals surface area contributed by atoms with Gasteiger partial charge in [-0.25, -0.2) is 13.4 Å². The highest BCUT2D eigenvalue weighted by Gasteiger charge is 2.31. The van der Waals surface area contributed by atoms with Gasteiger partial charge < -0.3 is 14.4 Å². The van der Waals surface area contributed by atoms with Gasteiger partial charge in [-0.1, -0.05) is 6.08 Å². The number of rotatable bonds is 10. The molecule has 0 amide bonds. The van der Waals surface area contributed by atoms with Crippen LogP contribution in [0.1, 0.15) is 38.2 Å². The van der Waals surface area contributed by atoms with Gasteiger partial charge in [0.25, 0.3) is 0 Å². The lowest BCUT2D eigenvalue weighted by atomic mass is 9.90. The molecule has 0 radical (unpaired) electrons. The third-order valence-corrected chi connectivity index (χ3v) is 8.95. The summed E-state index contributed by atoms with van der Waals surface area (Å²) in [6.07, 6.45) is 4.98. The predicted octanol–water partition coefficient (Wildman–Crippen LogP) is 4.75. The summed E-state index contributed by atoms with van der Waals surface area (Å²) in [7, 11) is -3.61. The molecule has 1 aromatic carbocycles. The number of hydrogen-bond donors (Lipinski definition) is 1. The number of ether oxygens (including phenoxy) is 1. The van der Waals surface area contributed by atoms with Crippen molar-refractivity contribution in [3.8, 4) is 5.75 Å². The third-order valence-electron chi connectivity index (χ3n) is 6.11. The van der Waals surface area contributed by atoms with Crippen molar-refractivity contribution in [1.82, 2.24) is 13.9 Å². The van der Waals surface area contributed by atoms with Crippen molar-refractivity contribution < 1.29 is 23.1 Å². The molecule has 1 N–H and O–H groups in total. The van der Waals surface area contributed by atoms with Crippen molar-refractivity contribution in [3.63, 3.8) is 0 Å². The molecular formula is C26H31N3O5S2. The summed E-state index contributed by atoms with van der Waals surface area (Å²) in [6.45, 7) is 8.18. The molecule has 0 atom stereocenters. The van der Waals surface area contributed by atoms with Gasteiger partial charge in [0.15, 0.2) is 0 Å². The van der Waals surface area contributed by atoms with Gasteiger partial charge in [0.2, 0.25) is 10.0 Å². The molecule has 0 spiro atoms. The van der Waals surface area contributed by atoms with E-state index in [-0.39, 0.29) is 23.5 Å². The zero-order valence-corrected chi connectivity index (χ0v) is 22.1. The van der Waals surface area contributed by atoms with Crippen LogP contribution in [-0.4, -0.2) is 58.3 Å². The maximum absolute atomic E-state index is 13.2. The van der Waals surface area contributed by atoms with E-state index in [9.17, 15) is 18.3 Å². The Morgan fingerprint density at radius 1 is 1.22 bits per heavy atom. The smallest absolute Gasteiger partial charge is 0.323 e. The van der Waals surface area contributed by atoms with Crippen LogP contribution in [0, 0.1) is 0 Å². The van der Waals surface area contributed by atoms with Crippen LogP contribution < -0.4 is 4.74 Å². The van der Waals surface area contributed by atoms with Gasteiger partial charge >= 0.3 is 5.97 Å². The highest BCUT2D eigenvalue weighted by Crippen LogP contribution is 2.36. The third kappa shape index (κ3) is 5.77. The number of fused-ring (bicyclic) bond motifs is 1. The Kier molecular flexibility index (Phi) is 8.07. The minimum absolute atomic E-state index is 0.0145. The molecule has 1 aliphatic rings. The molecule has 3 aromatic rings. The van der Waals surface area contributed by atoms with Gasteiger partial charge in [0.05, 0.1) is 16.0 Å². The average molecular weight is 530 g/mol. The van der Waals surface area contributed by atoms with Crippen molar-refractivity contribution in [3.05, 3.63) is 60.8 Å². The van der Waals surface area contributed by atoms with E-state index in [0.717, 1.165) is 16.0 Å². The van der Waals surface area contributed by atoms with Crippen molar-refractivity contribution in [2.45, 2.75) is 55.2 Å². The van der Waals surface area contributed by atoms with Crippen molar-refractivity contribution in [2.75, 3.05) is 18.8 Å². The van der Waals surface area contributed by atoms with Crippen LogP contribution in [0.3, 0.4) is 0 Å². The second-order valence-corrected chi connectivity index (χ2v) is 12.0. The number of benzene rings is 1. The molecule has 1 fully saturated rings. The maximum atomic E-state index is 13.2.